The normalized spacial score (nSPS) is 18.1. The zero-order chi connectivity index (χ0) is 12.3. The van der Waals surface area contributed by atoms with Crippen molar-refractivity contribution in [2.75, 3.05) is 0 Å². The molecule has 0 aromatic heterocycles. The molecule has 0 amide bonds. The lowest BCUT2D eigenvalue weighted by atomic mass is 9.67. The van der Waals surface area contributed by atoms with E-state index in [-0.39, 0.29) is 5.41 Å². The van der Waals surface area contributed by atoms with Crippen LogP contribution >= 0.6 is 0 Å². The SMILES string of the molecule is CC(C)(c1ccccc1OO)C1CCCCC1. The predicted molar refractivity (Wildman–Crippen MR) is 69.3 cm³/mol. The van der Waals surface area contributed by atoms with Crippen LogP contribution in [0.3, 0.4) is 0 Å². The van der Waals surface area contributed by atoms with Crippen LogP contribution in [0.2, 0.25) is 0 Å². The Bertz CT molecular complexity index is 365. The van der Waals surface area contributed by atoms with Gasteiger partial charge < -0.3 is 4.89 Å². The Labute approximate surface area is 104 Å². The number of hydrogen-bond acceptors (Lipinski definition) is 2. The monoisotopic (exact) mass is 234 g/mol. The summed E-state index contributed by atoms with van der Waals surface area (Å²) < 4.78 is 0. The lowest BCUT2D eigenvalue weighted by Crippen LogP contribution is -2.30. The molecule has 94 valence electrons. The van der Waals surface area contributed by atoms with Gasteiger partial charge in [-0.3, -0.25) is 0 Å². The second kappa shape index (κ2) is 5.09. The average Bonchev–Trinajstić information content (AvgIpc) is 2.39. The van der Waals surface area contributed by atoms with Gasteiger partial charge in [0.2, 0.25) is 0 Å². The predicted octanol–water partition coefficient (Wildman–Crippen LogP) is 4.40. The van der Waals surface area contributed by atoms with Gasteiger partial charge in [-0.25, -0.2) is 5.26 Å². The Morgan fingerprint density at radius 2 is 1.76 bits per heavy atom. The van der Waals surface area contributed by atoms with Gasteiger partial charge in [0.05, 0.1) is 0 Å². The molecule has 1 aliphatic rings. The van der Waals surface area contributed by atoms with E-state index in [9.17, 15) is 0 Å². The minimum Gasteiger partial charge on any atom is -0.340 e. The van der Waals surface area contributed by atoms with Gasteiger partial charge in [0.15, 0.2) is 5.75 Å². The van der Waals surface area contributed by atoms with E-state index in [1.165, 1.54) is 32.1 Å². The van der Waals surface area contributed by atoms with Crippen molar-refractivity contribution in [3.63, 3.8) is 0 Å². The fourth-order valence-electron chi connectivity index (χ4n) is 3.12. The van der Waals surface area contributed by atoms with E-state index in [1.807, 2.05) is 18.2 Å². The maximum absolute atomic E-state index is 8.98. The Balaban J connectivity index is 2.29. The fourth-order valence-corrected chi connectivity index (χ4v) is 3.12. The van der Waals surface area contributed by atoms with Crippen LogP contribution in [-0.2, 0) is 5.41 Å². The fraction of sp³-hybridized carbons (Fsp3) is 0.600. The van der Waals surface area contributed by atoms with Gasteiger partial charge in [-0.1, -0.05) is 51.3 Å². The third-order valence-corrected chi connectivity index (χ3v) is 4.31. The molecular weight excluding hydrogens is 212 g/mol. The van der Waals surface area contributed by atoms with Gasteiger partial charge in [0, 0.05) is 5.56 Å². The molecule has 0 saturated heterocycles. The summed E-state index contributed by atoms with van der Waals surface area (Å²) in [5, 5.41) is 8.98. The molecular formula is C15H22O2. The van der Waals surface area contributed by atoms with Crippen molar-refractivity contribution in [1.29, 1.82) is 0 Å². The number of hydrogen-bond donors (Lipinski definition) is 1. The molecule has 1 fully saturated rings. The molecule has 1 aliphatic carbocycles. The molecule has 0 spiro atoms. The Kier molecular flexibility index (Phi) is 3.72. The second-order valence-corrected chi connectivity index (χ2v) is 5.64. The minimum absolute atomic E-state index is 0.0692. The third-order valence-electron chi connectivity index (χ3n) is 4.31. The van der Waals surface area contributed by atoms with Crippen molar-refractivity contribution >= 4 is 0 Å². The summed E-state index contributed by atoms with van der Waals surface area (Å²) >= 11 is 0. The summed E-state index contributed by atoms with van der Waals surface area (Å²) in [5.41, 5.74) is 1.19. The van der Waals surface area contributed by atoms with Crippen LogP contribution < -0.4 is 4.89 Å². The molecule has 0 radical (unpaired) electrons. The van der Waals surface area contributed by atoms with Gasteiger partial charge >= 0.3 is 0 Å². The van der Waals surface area contributed by atoms with Crippen LogP contribution in [0.15, 0.2) is 24.3 Å². The zero-order valence-corrected chi connectivity index (χ0v) is 10.8. The molecule has 2 nitrogen and oxygen atoms in total. The van der Waals surface area contributed by atoms with Crippen LogP contribution in [0.5, 0.6) is 5.75 Å². The molecule has 0 atom stereocenters. The third kappa shape index (κ3) is 2.47. The van der Waals surface area contributed by atoms with Gasteiger partial charge in [-0.2, -0.15) is 0 Å². The Hall–Kier alpha value is -1.02. The standard InChI is InChI=1S/C15H22O2/c1-15(2,12-8-4-3-5-9-12)13-10-6-7-11-14(13)17-16/h6-7,10-12,16H,3-5,8-9H2,1-2H3. The van der Waals surface area contributed by atoms with E-state index >= 15 is 0 Å². The van der Waals surface area contributed by atoms with E-state index in [1.54, 1.807) is 0 Å². The highest BCUT2D eigenvalue weighted by molar-refractivity contribution is 5.39. The number of para-hydroxylation sites is 1. The highest BCUT2D eigenvalue weighted by atomic mass is 17.1. The average molecular weight is 234 g/mol. The van der Waals surface area contributed by atoms with Gasteiger partial charge in [-0.05, 0) is 30.2 Å². The molecule has 17 heavy (non-hydrogen) atoms. The lowest BCUT2D eigenvalue weighted by molar-refractivity contribution is -0.139. The van der Waals surface area contributed by atoms with E-state index in [0.717, 1.165) is 5.56 Å². The molecule has 1 aromatic carbocycles. The maximum Gasteiger partial charge on any atom is 0.168 e. The summed E-state index contributed by atoms with van der Waals surface area (Å²) in [6.45, 7) is 4.53. The Morgan fingerprint density at radius 3 is 2.41 bits per heavy atom. The first kappa shape index (κ1) is 12.4. The van der Waals surface area contributed by atoms with Crippen LogP contribution in [0, 0.1) is 5.92 Å². The maximum atomic E-state index is 8.98. The van der Waals surface area contributed by atoms with Crippen LogP contribution in [0.25, 0.3) is 0 Å². The van der Waals surface area contributed by atoms with E-state index in [0.29, 0.717) is 11.7 Å². The summed E-state index contributed by atoms with van der Waals surface area (Å²) in [7, 11) is 0. The quantitative estimate of drug-likeness (QED) is 0.620. The molecule has 0 heterocycles. The lowest BCUT2D eigenvalue weighted by Gasteiger charge is -2.37. The molecule has 1 saturated carbocycles. The van der Waals surface area contributed by atoms with Crippen molar-refractivity contribution in [3.8, 4) is 5.75 Å². The molecule has 0 bridgehead atoms. The summed E-state index contributed by atoms with van der Waals surface area (Å²) in [6, 6.07) is 7.81. The summed E-state index contributed by atoms with van der Waals surface area (Å²) in [5.74, 6) is 1.29. The molecule has 2 heteroatoms. The highest BCUT2D eigenvalue weighted by Gasteiger charge is 2.34. The minimum atomic E-state index is 0.0692. The first-order valence-electron chi connectivity index (χ1n) is 6.57. The van der Waals surface area contributed by atoms with Gasteiger partial charge in [0.25, 0.3) is 0 Å². The topological polar surface area (TPSA) is 29.5 Å². The first-order chi connectivity index (χ1) is 8.16. The van der Waals surface area contributed by atoms with Crippen molar-refractivity contribution in [2.45, 2.75) is 51.4 Å². The largest absolute Gasteiger partial charge is 0.340 e. The molecule has 1 N–H and O–H groups in total. The summed E-state index contributed by atoms with van der Waals surface area (Å²) in [6.07, 6.45) is 6.59. The smallest absolute Gasteiger partial charge is 0.168 e. The molecule has 0 unspecified atom stereocenters. The van der Waals surface area contributed by atoms with Crippen LogP contribution in [-0.4, -0.2) is 5.26 Å². The van der Waals surface area contributed by atoms with E-state index in [2.05, 4.69) is 24.8 Å². The van der Waals surface area contributed by atoms with Crippen molar-refractivity contribution in [3.05, 3.63) is 29.8 Å². The zero-order valence-electron chi connectivity index (χ0n) is 10.8. The summed E-state index contributed by atoms with van der Waals surface area (Å²) in [4.78, 5) is 4.52. The number of benzene rings is 1. The second-order valence-electron chi connectivity index (χ2n) is 5.64. The van der Waals surface area contributed by atoms with Crippen LogP contribution in [0.1, 0.15) is 51.5 Å². The molecule has 1 aromatic rings. The van der Waals surface area contributed by atoms with E-state index < -0.39 is 0 Å². The molecule has 0 aliphatic heterocycles. The highest BCUT2D eigenvalue weighted by Crippen LogP contribution is 2.43. The van der Waals surface area contributed by atoms with Gasteiger partial charge in [0.1, 0.15) is 0 Å². The first-order valence-corrected chi connectivity index (χ1v) is 6.57. The van der Waals surface area contributed by atoms with Gasteiger partial charge in [-0.15, -0.1) is 0 Å². The van der Waals surface area contributed by atoms with Crippen molar-refractivity contribution < 1.29 is 10.1 Å². The van der Waals surface area contributed by atoms with E-state index in [4.69, 9.17) is 5.26 Å². The van der Waals surface area contributed by atoms with Crippen molar-refractivity contribution in [1.82, 2.24) is 0 Å². The van der Waals surface area contributed by atoms with Crippen LogP contribution in [0.4, 0.5) is 0 Å². The Morgan fingerprint density at radius 1 is 1.12 bits per heavy atom. The molecule has 2 rings (SSSR count). The number of rotatable bonds is 3. The van der Waals surface area contributed by atoms with Crippen molar-refractivity contribution in [2.24, 2.45) is 5.92 Å².